The molecule has 1 N–H and O–H groups in total. The monoisotopic (exact) mass is 442 g/mol. The fourth-order valence-corrected chi connectivity index (χ4v) is 4.38. The van der Waals surface area contributed by atoms with E-state index in [9.17, 15) is 0 Å². The minimum atomic E-state index is 0.459. The first kappa shape index (κ1) is 24.5. The van der Waals surface area contributed by atoms with Crippen molar-refractivity contribution in [3.8, 4) is 11.3 Å². The minimum absolute atomic E-state index is 0.459. The number of benzene rings is 1. The summed E-state index contributed by atoms with van der Waals surface area (Å²) in [6.45, 7) is 8.40. The van der Waals surface area contributed by atoms with Crippen molar-refractivity contribution < 1.29 is 0 Å². The van der Waals surface area contributed by atoms with Crippen LogP contribution in [0.2, 0.25) is 0 Å². The Morgan fingerprint density at radius 2 is 1.88 bits per heavy atom. The number of aromatic nitrogens is 1. The Hall–Kier alpha value is -3.14. The summed E-state index contributed by atoms with van der Waals surface area (Å²) < 4.78 is 0. The van der Waals surface area contributed by atoms with Crippen LogP contribution in [0.15, 0.2) is 66.3 Å². The molecule has 3 rings (SSSR count). The van der Waals surface area contributed by atoms with E-state index in [0.29, 0.717) is 6.04 Å². The van der Waals surface area contributed by atoms with Gasteiger partial charge in [-0.05, 0) is 73.4 Å². The molecule has 0 aliphatic heterocycles. The second kappa shape index (κ2) is 11.6. The Labute approximate surface area is 199 Å². The zero-order valence-electron chi connectivity index (χ0n) is 20.8. The summed E-state index contributed by atoms with van der Waals surface area (Å²) in [4.78, 5) is 11.4. The van der Waals surface area contributed by atoms with Gasteiger partial charge in [-0.25, -0.2) is 4.98 Å². The third kappa shape index (κ3) is 6.44. The lowest BCUT2D eigenvalue weighted by Gasteiger charge is -2.28. The summed E-state index contributed by atoms with van der Waals surface area (Å²) in [5.74, 6) is 1.76. The van der Waals surface area contributed by atoms with Crippen LogP contribution in [0, 0.1) is 5.92 Å². The highest BCUT2D eigenvalue weighted by molar-refractivity contribution is 6.11. The molecular weight excluding hydrogens is 404 g/mol. The van der Waals surface area contributed by atoms with Crippen LogP contribution in [0.4, 0.5) is 5.82 Å². The van der Waals surface area contributed by atoms with E-state index < -0.39 is 0 Å². The fourth-order valence-electron chi connectivity index (χ4n) is 4.38. The van der Waals surface area contributed by atoms with Crippen molar-refractivity contribution in [1.29, 1.82) is 0 Å². The van der Waals surface area contributed by atoms with Crippen molar-refractivity contribution in [2.75, 3.05) is 26.5 Å². The van der Waals surface area contributed by atoms with E-state index in [0.717, 1.165) is 45.3 Å². The number of nitrogens with one attached hydrogen (secondary N) is 1. The van der Waals surface area contributed by atoms with Gasteiger partial charge in [-0.2, -0.15) is 0 Å². The van der Waals surface area contributed by atoms with Crippen LogP contribution in [0.3, 0.4) is 0 Å². The quantitative estimate of drug-likeness (QED) is 0.356. The van der Waals surface area contributed by atoms with Crippen LogP contribution in [-0.2, 0) is 0 Å². The highest BCUT2D eigenvalue weighted by atomic mass is 15.0. The summed E-state index contributed by atoms with van der Waals surface area (Å²) in [5.41, 5.74) is 6.45. The van der Waals surface area contributed by atoms with E-state index in [1.807, 2.05) is 45.3 Å². The Morgan fingerprint density at radius 3 is 2.52 bits per heavy atom. The Kier molecular flexibility index (Phi) is 8.65. The second-order valence-electron chi connectivity index (χ2n) is 9.16. The Balaban J connectivity index is 2.01. The van der Waals surface area contributed by atoms with E-state index in [1.54, 1.807) is 0 Å². The molecule has 0 amide bonds. The lowest BCUT2D eigenvalue weighted by molar-refractivity contribution is 0.361. The molecular formula is C29H38N4. The van der Waals surface area contributed by atoms with Crippen LogP contribution in [0.25, 0.3) is 22.4 Å². The van der Waals surface area contributed by atoms with Crippen molar-refractivity contribution in [1.82, 2.24) is 9.88 Å². The van der Waals surface area contributed by atoms with Gasteiger partial charge in [-0.15, -0.1) is 0 Å². The van der Waals surface area contributed by atoms with E-state index in [2.05, 4.69) is 72.5 Å². The number of rotatable bonds is 8. The molecule has 1 aliphatic carbocycles. The standard InChI is InChI=1S/C29H38N4/c1-7-22(19-30-4)27-16-17-28(32-29(27)31-26-14-12-21(3)13-15-26)25-11-9-10-24(18-25)23(8-2)20-33(5)6/h7-11,16-21,26H,2,12-15H2,1,3-6H3,(H,31,32)/b22-7+,23-20+,30-19?. The van der Waals surface area contributed by atoms with E-state index in [4.69, 9.17) is 4.98 Å². The molecule has 2 aromatic rings. The largest absolute Gasteiger partial charge is 0.383 e. The molecule has 4 nitrogen and oxygen atoms in total. The summed E-state index contributed by atoms with van der Waals surface area (Å²) >= 11 is 0. The maximum atomic E-state index is 5.13. The molecule has 1 aromatic carbocycles. The number of anilines is 1. The van der Waals surface area contributed by atoms with Crippen LogP contribution >= 0.6 is 0 Å². The smallest absolute Gasteiger partial charge is 0.134 e. The average Bonchev–Trinajstić information content (AvgIpc) is 2.82. The highest BCUT2D eigenvalue weighted by Gasteiger charge is 2.20. The summed E-state index contributed by atoms with van der Waals surface area (Å²) in [5, 5.41) is 3.78. The summed E-state index contributed by atoms with van der Waals surface area (Å²) in [6, 6.07) is 13.3. The highest BCUT2D eigenvalue weighted by Crippen LogP contribution is 2.31. The van der Waals surface area contributed by atoms with Crippen molar-refractivity contribution in [2.45, 2.75) is 45.6 Å². The first-order valence-electron chi connectivity index (χ1n) is 11.9. The lowest BCUT2D eigenvalue weighted by atomic mass is 9.87. The van der Waals surface area contributed by atoms with Gasteiger partial charge in [-0.3, -0.25) is 4.99 Å². The first-order chi connectivity index (χ1) is 15.9. The number of nitrogens with zero attached hydrogens (tertiary/aromatic N) is 3. The van der Waals surface area contributed by atoms with Gasteiger partial charge < -0.3 is 10.2 Å². The van der Waals surface area contributed by atoms with Crippen LogP contribution in [0.1, 0.15) is 50.7 Å². The molecule has 1 aromatic heterocycles. The topological polar surface area (TPSA) is 40.5 Å². The molecule has 0 spiro atoms. The molecule has 0 radical (unpaired) electrons. The first-order valence-corrected chi connectivity index (χ1v) is 11.9. The van der Waals surface area contributed by atoms with Crippen LogP contribution < -0.4 is 5.32 Å². The predicted octanol–water partition coefficient (Wildman–Crippen LogP) is 6.93. The van der Waals surface area contributed by atoms with E-state index >= 15 is 0 Å². The Bertz CT molecular complexity index is 1040. The number of aliphatic imine (C=N–C) groups is 1. The van der Waals surface area contributed by atoms with Gasteiger partial charge in [0.2, 0.25) is 0 Å². The van der Waals surface area contributed by atoms with Gasteiger partial charge in [0.05, 0.1) is 5.69 Å². The number of hydrogen-bond acceptors (Lipinski definition) is 4. The molecule has 0 saturated heterocycles. The van der Waals surface area contributed by atoms with Gasteiger partial charge in [0, 0.05) is 50.7 Å². The molecule has 1 aliphatic rings. The van der Waals surface area contributed by atoms with Gasteiger partial charge in [0.25, 0.3) is 0 Å². The predicted molar refractivity (Wildman–Crippen MR) is 145 cm³/mol. The molecule has 174 valence electrons. The van der Waals surface area contributed by atoms with E-state index in [1.165, 1.54) is 25.7 Å². The molecule has 0 bridgehead atoms. The van der Waals surface area contributed by atoms with Gasteiger partial charge in [0.15, 0.2) is 0 Å². The fraction of sp³-hybridized carbons (Fsp3) is 0.379. The number of allylic oxidation sites excluding steroid dienone is 4. The molecule has 0 unspecified atom stereocenters. The number of hydrogen-bond donors (Lipinski definition) is 1. The van der Waals surface area contributed by atoms with Crippen molar-refractivity contribution in [2.24, 2.45) is 10.9 Å². The molecule has 1 fully saturated rings. The zero-order chi connectivity index (χ0) is 23.8. The lowest BCUT2D eigenvalue weighted by Crippen LogP contribution is -2.26. The molecule has 0 atom stereocenters. The zero-order valence-corrected chi connectivity index (χ0v) is 20.8. The van der Waals surface area contributed by atoms with Crippen molar-refractivity contribution in [3.63, 3.8) is 0 Å². The molecule has 1 saturated carbocycles. The minimum Gasteiger partial charge on any atom is -0.383 e. The van der Waals surface area contributed by atoms with Gasteiger partial charge >= 0.3 is 0 Å². The van der Waals surface area contributed by atoms with Gasteiger partial charge in [0.1, 0.15) is 5.82 Å². The van der Waals surface area contributed by atoms with Crippen molar-refractivity contribution >= 4 is 23.2 Å². The maximum Gasteiger partial charge on any atom is 0.134 e. The summed E-state index contributed by atoms with van der Waals surface area (Å²) in [6.07, 6.45) is 12.9. The second-order valence-corrected chi connectivity index (χ2v) is 9.16. The van der Waals surface area contributed by atoms with E-state index in [-0.39, 0.29) is 0 Å². The molecule has 1 heterocycles. The Morgan fingerprint density at radius 1 is 1.12 bits per heavy atom. The van der Waals surface area contributed by atoms with Crippen LogP contribution in [-0.4, -0.2) is 43.3 Å². The van der Waals surface area contributed by atoms with Crippen molar-refractivity contribution in [3.05, 3.63) is 72.5 Å². The summed E-state index contributed by atoms with van der Waals surface area (Å²) in [7, 11) is 5.86. The van der Waals surface area contributed by atoms with Crippen LogP contribution in [0.5, 0.6) is 0 Å². The van der Waals surface area contributed by atoms with Gasteiger partial charge in [-0.1, -0.05) is 43.9 Å². The average molecular weight is 443 g/mol. The molecule has 33 heavy (non-hydrogen) atoms. The third-order valence-corrected chi connectivity index (χ3v) is 6.25. The maximum absolute atomic E-state index is 5.13. The molecule has 4 heteroatoms. The number of pyridine rings is 1. The normalized spacial score (nSPS) is 19.5. The SMILES string of the molecule is C=C/C(=C\N(C)C)c1cccc(-c2ccc(/C(C=NC)=C/C)c(NC3CCC(C)CC3)n2)c1. The third-order valence-electron chi connectivity index (χ3n) is 6.25.